The minimum atomic E-state index is -0.00866. The topological polar surface area (TPSA) is 89.1 Å². The smallest absolute Gasteiger partial charge is 0.241 e. The summed E-state index contributed by atoms with van der Waals surface area (Å²) in [6.07, 6.45) is 8.24. The maximum atomic E-state index is 12.6. The second kappa shape index (κ2) is 9.86. The molecular formula is C21H25ClN6O2. The van der Waals surface area contributed by atoms with Gasteiger partial charge in [0.05, 0.1) is 18.8 Å². The van der Waals surface area contributed by atoms with Gasteiger partial charge in [-0.25, -0.2) is 4.98 Å². The van der Waals surface area contributed by atoms with E-state index in [0.717, 1.165) is 37.9 Å². The molecule has 1 amide bonds. The Hall–Kier alpha value is -2.71. The molecule has 1 unspecified atom stereocenters. The van der Waals surface area contributed by atoms with Gasteiger partial charge in [0.1, 0.15) is 0 Å². The number of carbonyl (C=O) groups is 1. The number of hydrogen-bond donors (Lipinski definition) is 1. The lowest BCUT2D eigenvalue weighted by molar-refractivity contribution is -0.126. The molecule has 8 nitrogen and oxygen atoms in total. The van der Waals surface area contributed by atoms with Crippen molar-refractivity contribution in [1.29, 1.82) is 0 Å². The minimum absolute atomic E-state index is 0.00866. The molecule has 3 aromatic rings. The van der Waals surface area contributed by atoms with Crippen molar-refractivity contribution >= 4 is 17.5 Å². The average Bonchev–Trinajstić information content (AvgIpc) is 3.44. The molecule has 0 aliphatic carbocycles. The molecule has 9 heteroatoms. The van der Waals surface area contributed by atoms with Crippen LogP contribution in [-0.4, -0.2) is 50.1 Å². The minimum Gasteiger partial charge on any atom is -0.356 e. The summed E-state index contributed by atoms with van der Waals surface area (Å²) < 4.78 is 7.43. The lowest BCUT2D eigenvalue weighted by atomic mass is 9.97. The van der Waals surface area contributed by atoms with Crippen LogP contribution in [0.1, 0.15) is 25.2 Å². The second-order valence-electron chi connectivity index (χ2n) is 7.54. The fourth-order valence-corrected chi connectivity index (χ4v) is 3.80. The number of nitrogens with zero attached hydrogens (tertiary/aromatic N) is 5. The molecule has 158 valence electrons. The van der Waals surface area contributed by atoms with Crippen molar-refractivity contribution < 1.29 is 9.32 Å². The Bertz CT molecular complexity index is 941. The summed E-state index contributed by atoms with van der Waals surface area (Å²) in [5.41, 5.74) is 0.862. The number of halogens is 1. The first kappa shape index (κ1) is 20.6. The van der Waals surface area contributed by atoms with Gasteiger partial charge in [0.2, 0.25) is 17.6 Å². The largest absolute Gasteiger partial charge is 0.356 e. The standard InChI is InChI=1S/C21H25ClN6O2/c22-18-6-4-16(5-7-18)20-25-19(30-26-20)14-28-10-1-3-17(13-28)21(29)24-8-2-11-27-12-9-23-15-27/h4-7,9,12,15,17H,1-3,8,10-11,13-14H2,(H,24,29). The fourth-order valence-electron chi connectivity index (χ4n) is 3.68. The summed E-state index contributed by atoms with van der Waals surface area (Å²) in [5.74, 6) is 1.22. The third-order valence-corrected chi connectivity index (χ3v) is 5.51. The van der Waals surface area contributed by atoms with Crippen LogP contribution in [0.4, 0.5) is 0 Å². The van der Waals surface area contributed by atoms with Crippen LogP contribution in [0.25, 0.3) is 11.4 Å². The molecule has 1 saturated heterocycles. The van der Waals surface area contributed by atoms with Gasteiger partial charge in [-0.2, -0.15) is 4.98 Å². The Morgan fingerprint density at radius 3 is 2.97 bits per heavy atom. The van der Waals surface area contributed by atoms with E-state index in [9.17, 15) is 4.79 Å². The molecule has 1 aliphatic rings. The van der Waals surface area contributed by atoms with Gasteiger partial charge in [-0.15, -0.1) is 0 Å². The molecule has 30 heavy (non-hydrogen) atoms. The zero-order valence-electron chi connectivity index (χ0n) is 16.7. The number of aryl methyl sites for hydroxylation is 1. The molecule has 1 aromatic carbocycles. The monoisotopic (exact) mass is 428 g/mol. The van der Waals surface area contributed by atoms with Crippen LogP contribution < -0.4 is 5.32 Å². The van der Waals surface area contributed by atoms with E-state index in [4.69, 9.17) is 16.1 Å². The van der Waals surface area contributed by atoms with E-state index in [1.165, 1.54) is 0 Å². The third kappa shape index (κ3) is 5.46. The maximum absolute atomic E-state index is 12.6. The summed E-state index contributed by atoms with van der Waals surface area (Å²) in [4.78, 5) is 23.3. The Morgan fingerprint density at radius 1 is 1.30 bits per heavy atom. The Kier molecular flexibility index (Phi) is 6.76. The number of aromatic nitrogens is 4. The second-order valence-corrected chi connectivity index (χ2v) is 7.97. The number of benzene rings is 1. The van der Waals surface area contributed by atoms with Crippen LogP contribution in [-0.2, 0) is 17.9 Å². The molecule has 1 fully saturated rings. The Labute approximate surface area is 180 Å². The highest BCUT2D eigenvalue weighted by Gasteiger charge is 2.26. The van der Waals surface area contributed by atoms with Gasteiger partial charge in [0, 0.05) is 42.6 Å². The summed E-state index contributed by atoms with van der Waals surface area (Å²) in [6.45, 7) is 3.69. The van der Waals surface area contributed by atoms with Crippen LogP contribution in [0.2, 0.25) is 5.02 Å². The van der Waals surface area contributed by atoms with Gasteiger partial charge < -0.3 is 14.4 Å². The van der Waals surface area contributed by atoms with E-state index in [-0.39, 0.29) is 11.8 Å². The molecule has 0 radical (unpaired) electrons. The molecule has 2 aromatic heterocycles. The van der Waals surface area contributed by atoms with Crippen LogP contribution in [0.3, 0.4) is 0 Å². The molecule has 4 rings (SSSR count). The number of likely N-dealkylation sites (tertiary alicyclic amines) is 1. The number of rotatable bonds is 8. The Morgan fingerprint density at radius 2 is 2.17 bits per heavy atom. The number of carbonyl (C=O) groups excluding carboxylic acids is 1. The summed E-state index contributed by atoms with van der Waals surface area (Å²) in [6, 6.07) is 7.34. The normalized spacial score (nSPS) is 17.2. The van der Waals surface area contributed by atoms with Gasteiger partial charge in [-0.3, -0.25) is 9.69 Å². The van der Waals surface area contributed by atoms with Crippen molar-refractivity contribution in [3.05, 3.63) is 53.9 Å². The predicted octanol–water partition coefficient (Wildman–Crippen LogP) is 3.01. The first-order valence-electron chi connectivity index (χ1n) is 10.2. The van der Waals surface area contributed by atoms with Crippen LogP contribution in [0.15, 0.2) is 47.5 Å². The molecule has 0 saturated carbocycles. The first-order valence-corrected chi connectivity index (χ1v) is 10.6. The van der Waals surface area contributed by atoms with Crippen LogP contribution in [0, 0.1) is 5.92 Å². The fraction of sp³-hybridized carbons (Fsp3) is 0.429. The van der Waals surface area contributed by atoms with E-state index in [1.54, 1.807) is 24.7 Å². The summed E-state index contributed by atoms with van der Waals surface area (Å²) in [5, 5.41) is 7.80. The van der Waals surface area contributed by atoms with Gasteiger partial charge in [-0.1, -0.05) is 16.8 Å². The lowest BCUT2D eigenvalue weighted by Gasteiger charge is -2.30. The highest BCUT2D eigenvalue weighted by Crippen LogP contribution is 2.21. The zero-order valence-corrected chi connectivity index (χ0v) is 17.5. The van der Waals surface area contributed by atoms with Crippen molar-refractivity contribution in [1.82, 2.24) is 29.9 Å². The molecular weight excluding hydrogens is 404 g/mol. The highest BCUT2D eigenvalue weighted by atomic mass is 35.5. The SMILES string of the molecule is O=C(NCCCn1ccnc1)C1CCCN(Cc2nc(-c3ccc(Cl)cc3)no2)C1. The zero-order chi connectivity index (χ0) is 20.8. The summed E-state index contributed by atoms with van der Waals surface area (Å²) in [7, 11) is 0. The van der Waals surface area contributed by atoms with E-state index >= 15 is 0 Å². The average molecular weight is 429 g/mol. The number of piperidine rings is 1. The van der Waals surface area contributed by atoms with Gasteiger partial charge in [-0.05, 0) is 50.1 Å². The van der Waals surface area contributed by atoms with Crippen LogP contribution >= 0.6 is 11.6 Å². The highest BCUT2D eigenvalue weighted by molar-refractivity contribution is 6.30. The maximum Gasteiger partial charge on any atom is 0.241 e. The van der Waals surface area contributed by atoms with E-state index < -0.39 is 0 Å². The molecule has 3 heterocycles. The molecule has 0 bridgehead atoms. The van der Waals surface area contributed by atoms with Crippen molar-refractivity contribution in [2.75, 3.05) is 19.6 Å². The van der Waals surface area contributed by atoms with E-state index in [0.29, 0.717) is 36.4 Å². The summed E-state index contributed by atoms with van der Waals surface area (Å²) >= 11 is 5.93. The van der Waals surface area contributed by atoms with Gasteiger partial charge in [0.15, 0.2) is 0 Å². The number of nitrogens with one attached hydrogen (secondary N) is 1. The van der Waals surface area contributed by atoms with Crippen molar-refractivity contribution in [2.24, 2.45) is 5.92 Å². The molecule has 0 spiro atoms. The number of amides is 1. The van der Waals surface area contributed by atoms with Crippen molar-refractivity contribution in [3.8, 4) is 11.4 Å². The Balaban J connectivity index is 1.24. The quantitative estimate of drug-likeness (QED) is 0.555. The molecule has 1 N–H and O–H groups in total. The van der Waals surface area contributed by atoms with Crippen LogP contribution in [0.5, 0.6) is 0 Å². The van der Waals surface area contributed by atoms with E-state index in [1.807, 2.05) is 22.9 Å². The van der Waals surface area contributed by atoms with Crippen molar-refractivity contribution in [3.63, 3.8) is 0 Å². The number of imidazole rings is 1. The van der Waals surface area contributed by atoms with Gasteiger partial charge in [0.25, 0.3) is 0 Å². The van der Waals surface area contributed by atoms with E-state index in [2.05, 4.69) is 25.3 Å². The predicted molar refractivity (Wildman–Crippen MR) is 113 cm³/mol. The first-order chi connectivity index (χ1) is 14.7. The molecule has 1 atom stereocenters. The number of hydrogen-bond acceptors (Lipinski definition) is 6. The van der Waals surface area contributed by atoms with Gasteiger partial charge >= 0.3 is 0 Å². The molecule has 1 aliphatic heterocycles. The van der Waals surface area contributed by atoms with Crippen molar-refractivity contribution in [2.45, 2.75) is 32.4 Å². The lowest BCUT2D eigenvalue weighted by Crippen LogP contribution is -2.43. The third-order valence-electron chi connectivity index (χ3n) is 5.26.